The molecule has 1 fully saturated rings. The van der Waals surface area contributed by atoms with Gasteiger partial charge in [0.05, 0.1) is 6.42 Å². The smallest absolute Gasteiger partial charge is 0.306 e. The minimum absolute atomic E-state index is 0.125. The van der Waals surface area contributed by atoms with Gasteiger partial charge in [-0.1, -0.05) is 41.6 Å². The number of carboxylic acids is 1. The summed E-state index contributed by atoms with van der Waals surface area (Å²) in [5.41, 5.74) is 2.72. The molecule has 2 aromatic rings. The van der Waals surface area contributed by atoms with Gasteiger partial charge in [-0.2, -0.15) is 0 Å². The van der Waals surface area contributed by atoms with E-state index in [-0.39, 0.29) is 12.8 Å². The number of nitrogens with one attached hydrogen (secondary N) is 2. The van der Waals surface area contributed by atoms with Crippen LogP contribution < -0.4 is 14.9 Å². The van der Waals surface area contributed by atoms with Gasteiger partial charge in [0, 0.05) is 32.8 Å². The van der Waals surface area contributed by atoms with Gasteiger partial charge in [-0.25, -0.2) is 0 Å². The number of halogens is 1. The minimum atomic E-state index is -1.23. The maximum absolute atomic E-state index is 11.6. The molecule has 2 aliphatic heterocycles. The summed E-state index contributed by atoms with van der Waals surface area (Å²) in [7, 11) is 0. The van der Waals surface area contributed by atoms with Crippen molar-refractivity contribution in [1.82, 2.24) is 0 Å². The van der Waals surface area contributed by atoms with Crippen molar-refractivity contribution in [2.75, 3.05) is 39.3 Å². The molecule has 8 heteroatoms. The third-order valence-electron chi connectivity index (χ3n) is 6.30. The van der Waals surface area contributed by atoms with Crippen molar-refractivity contribution in [2.24, 2.45) is 0 Å². The molecule has 2 aromatic carbocycles. The summed E-state index contributed by atoms with van der Waals surface area (Å²) in [6, 6.07) is 15.3. The number of carboxylic acid groups (broad SMARTS) is 1. The molecule has 2 aliphatic rings. The number of fused-ring (bicyclic) bond motifs is 2. The average Bonchev–Trinajstić information content (AvgIpc) is 2.95. The summed E-state index contributed by atoms with van der Waals surface area (Å²) in [4.78, 5) is 27.6. The molecule has 0 aliphatic carbocycles. The molecule has 32 heavy (non-hydrogen) atoms. The van der Waals surface area contributed by atoms with Crippen LogP contribution in [0.5, 0.6) is 0 Å². The van der Waals surface area contributed by atoms with E-state index < -0.39 is 11.9 Å². The first-order chi connectivity index (χ1) is 15.5. The van der Waals surface area contributed by atoms with Crippen molar-refractivity contribution in [2.45, 2.75) is 35.1 Å². The van der Waals surface area contributed by atoms with Crippen LogP contribution in [0.1, 0.15) is 30.0 Å². The van der Waals surface area contributed by atoms with Crippen molar-refractivity contribution >= 4 is 35.3 Å². The highest BCUT2D eigenvalue weighted by atomic mass is 35.5. The number of rotatable bonds is 7. The molecule has 4 rings (SSSR count). The van der Waals surface area contributed by atoms with Gasteiger partial charge in [-0.15, -0.1) is 0 Å². The number of piperazine rings is 1. The first kappa shape index (κ1) is 23.1. The number of carbonyl (C=O) groups excluding carboxylic acids is 2. The number of carbonyl (C=O) groups is 2. The Bertz CT molecular complexity index is 978. The molecule has 2 N–H and O–H groups in total. The van der Waals surface area contributed by atoms with Crippen LogP contribution in [0.2, 0.25) is 5.02 Å². The van der Waals surface area contributed by atoms with E-state index in [1.807, 2.05) is 17.8 Å². The Balaban J connectivity index is 1.35. The fraction of sp³-hybridized carbons (Fsp3) is 0.417. The number of quaternary nitrogens is 2. The largest absolute Gasteiger partial charge is 0.550 e. The highest BCUT2D eigenvalue weighted by Gasteiger charge is 2.34. The Morgan fingerprint density at radius 2 is 1.84 bits per heavy atom. The monoisotopic (exact) mass is 475 g/mol. The lowest BCUT2D eigenvalue weighted by molar-refractivity contribution is -1.03. The maximum atomic E-state index is 11.6. The molecule has 0 radical (unpaired) electrons. The molecule has 0 bridgehead atoms. The first-order valence-corrected chi connectivity index (χ1v) is 12.3. The lowest BCUT2D eigenvalue weighted by Gasteiger charge is -2.35. The summed E-state index contributed by atoms with van der Waals surface area (Å²) < 4.78 is 5.18. The predicted molar refractivity (Wildman–Crippen MR) is 120 cm³/mol. The van der Waals surface area contributed by atoms with E-state index >= 15 is 0 Å². The quantitative estimate of drug-likeness (QED) is 0.549. The number of aliphatic carboxylic acids is 1. The molecule has 0 saturated carbocycles. The highest BCUT2D eigenvalue weighted by Crippen LogP contribution is 2.40. The first-order valence-electron chi connectivity index (χ1n) is 11.1. The maximum Gasteiger partial charge on any atom is 0.306 e. The van der Waals surface area contributed by atoms with E-state index in [1.54, 1.807) is 4.90 Å². The second-order valence-corrected chi connectivity index (χ2v) is 9.92. The van der Waals surface area contributed by atoms with Gasteiger partial charge in [0.25, 0.3) is 0 Å². The molecule has 1 atom stereocenters. The lowest BCUT2D eigenvalue weighted by atomic mass is 9.96. The van der Waals surface area contributed by atoms with Gasteiger partial charge in [-0.3, -0.25) is 4.79 Å². The number of ether oxygens (including phenoxy) is 1. The van der Waals surface area contributed by atoms with Gasteiger partial charge in [-0.05, 0) is 36.2 Å². The van der Waals surface area contributed by atoms with Crippen LogP contribution in [0.3, 0.4) is 0 Å². The molecular weight excluding hydrogens is 448 g/mol. The van der Waals surface area contributed by atoms with Crippen molar-refractivity contribution in [1.29, 1.82) is 0 Å². The van der Waals surface area contributed by atoms with Gasteiger partial charge < -0.3 is 24.4 Å². The number of benzene rings is 2. The molecule has 170 valence electrons. The molecule has 1 saturated heterocycles. The number of esters is 1. The molecule has 6 nitrogen and oxygen atoms in total. The third kappa shape index (κ3) is 5.84. The molecule has 0 amide bonds. The number of hydrogen-bond donors (Lipinski definition) is 2. The second kappa shape index (κ2) is 10.7. The van der Waals surface area contributed by atoms with Crippen LogP contribution in [0.25, 0.3) is 0 Å². The van der Waals surface area contributed by atoms with Crippen molar-refractivity contribution in [3.63, 3.8) is 0 Å². The van der Waals surface area contributed by atoms with Crippen molar-refractivity contribution in [3.05, 3.63) is 58.6 Å². The fourth-order valence-electron chi connectivity index (χ4n) is 4.59. The van der Waals surface area contributed by atoms with E-state index in [0.717, 1.165) is 44.2 Å². The molecule has 0 unspecified atom stereocenters. The molecule has 2 heterocycles. The standard InChI is InChI=1S/C24H27ClN2O4S/c25-18-5-6-21-17(15-18)16-20(19-3-1-2-4-22(19)32-21)27-11-9-26(10-12-27)13-14-31-24(30)8-7-23(28)29/h1-6,15,20H,7-14,16H2,(H,28,29)/p+1/t20-/m0/s1. The summed E-state index contributed by atoms with van der Waals surface area (Å²) in [5.74, 6) is -1.70. The van der Waals surface area contributed by atoms with Crippen LogP contribution in [0.15, 0.2) is 52.3 Å². The normalized spacial score (nSPS) is 22.3. The Morgan fingerprint density at radius 1 is 1.06 bits per heavy atom. The second-order valence-electron chi connectivity index (χ2n) is 8.40. The zero-order valence-electron chi connectivity index (χ0n) is 17.9. The van der Waals surface area contributed by atoms with Crippen LogP contribution >= 0.6 is 23.4 Å². The topological polar surface area (TPSA) is 75.3 Å². The van der Waals surface area contributed by atoms with E-state index in [0.29, 0.717) is 12.6 Å². The van der Waals surface area contributed by atoms with E-state index in [2.05, 4.69) is 36.4 Å². The average molecular weight is 476 g/mol. The van der Waals surface area contributed by atoms with Gasteiger partial charge in [0.15, 0.2) is 0 Å². The van der Waals surface area contributed by atoms with Crippen LogP contribution in [-0.4, -0.2) is 51.3 Å². The Morgan fingerprint density at radius 3 is 2.62 bits per heavy atom. The van der Waals surface area contributed by atoms with E-state index in [1.165, 1.54) is 25.8 Å². The zero-order chi connectivity index (χ0) is 22.5. The fourth-order valence-corrected chi connectivity index (χ4v) is 5.91. The van der Waals surface area contributed by atoms with Gasteiger partial charge in [0.1, 0.15) is 45.4 Å². The van der Waals surface area contributed by atoms with E-state index in [9.17, 15) is 14.7 Å². The van der Waals surface area contributed by atoms with Gasteiger partial charge in [0.2, 0.25) is 0 Å². The molecular formula is C24H28ClN2O4S+. The van der Waals surface area contributed by atoms with Gasteiger partial charge >= 0.3 is 5.97 Å². The Labute approximate surface area is 197 Å². The summed E-state index contributed by atoms with van der Waals surface area (Å²) in [6.07, 6.45) is 0.560. The lowest BCUT2D eigenvalue weighted by Crippen LogP contribution is -3.28. The van der Waals surface area contributed by atoms with Crippen LogP contribution in [0.4, 0.5) is 0 Å². The summed E-state index contributed by atoms with van der Waals surface area (Å²) in [6.45, 7) is 5.20. The predicted octanol–water partition coefficient (Wildman–Crippen LogP) is -0.0549. The Hall–Kier alpha value is -2.06. The minimum Gasteiger partial charge on any atom is -0.550 e. The Kier molecular flexibility index (Phi) is 7.73. The zero-order valence-corrected chi connectivity index (χ0v) is 19.5. The third-order valence-corrected chi connectivity index (χ3v) is 7.75. The highest BCUT2D eigenvalue weighted by molar-refractivity contribution is 7.99. The van der Waals surface area contributed by atoms with Crippen molar-refractivity contribution in [3.8, 4) is 0 Å². The summed E-state index contributed by atoms with van der Waals surface area (Å²) in [5, 5.41) is 11.2. The van der Waals surface area contributed by atoms with Crippen molar-refractivity contribution < 1.29 is 29.2 Å². The van der Waals surface area contributed by atoms with Crippen LogP contribution in [0, 0.1) is 0 Å². The van der Waals surface area contributed by atoms with E-state index in [4.69, 9.17) is 16.3 Å². The number of hydrogen-bond acceptors (Lipinski definition) is 5. The molecule has 0 aromatic heterocycles. The van der Waals surface area contributed by atoms with Crippen LogP contribution in [-0.2, 0) is 20.7 Å². The SMILES string of the molecule is O=C([O-])CCC(=O)OCC[NH+]1CC[NH+]([C@H]2Cc3cc(Cl)ccc3Sc3ccccc32)CC1. The molecule has 0 spiro atoms. The summed E-state index contributed by atoms with van der Waals surface area (Å²) >= 11 is 8.15.